The molecule has 27 heavy (non-hydrogen) atoms. The molecule has 0 unspecified atom stereocenters. The number of rotatable bonds is 5. The Morgan fingerprint density at radius 3 is 2.74 bits per heavy atom. The average molecular weight is 371 g/mol. The fraction of sp³-hybridized carbons (Fsp3) is 0.524. The van der Waals surface area contributed by atoms with Crippen LogP contribution in [0.1, 0.15) is 50.3 Å². The molecule has 0 spiro atoms. The molecule has 0 atom stereocenters. The summed E-state index contributed by atoms with van der Waals surface area (Å²) in [6, 6.07) is 5.93. The first kappa shape index (κ1) is 19.4. The van der Waals surface area contributed by atoms with Crippen LogP contribution in [0, 0.1) is 0 Å². The van der Waals surface area contributed by atoms with Crippen molar-refractivity contribution in [3.63, 3.8) is 0 Å². The van der Waals surface area contributed by atoms with E-state index < -0.39 is 0 Å². The van der Waals surface area contributed by atoms with E-state index in [0.717, 1.165) is 47.1 Å². The SMILES string of the molecule is CCOc1c(CN2CCc3nc(C(C)(C)C)[nH]c(=O)c3C2)cccc1OC. The van der Waals surface area contributed by atoms with E-state index in [-0.39, 0.29) is 11.0 Å². The van der Waals surface area contributed by atoms with Crippen LogP contribution < -0.4 is 15.0 Å². The van der Waals surface area contributed by atoms with Crippen LogP contribution in [-0.4, -0.2) is 35.1 Å². The molecule has 1 aliphatic rings. The van der Waals surface area contributed by atoms with Gasteiger partial charge in [0.05, 0.1) is 25.0 Å². The highest BCUT2D eigenvalue weighted by molar-refractivity contribution is 5.46. The Balaban J connectivity index is 1.85. The molecule has 2 aromatic rings. The van der Waals surface area contributed by atoms with Gasteiger partial charge in [0.1, 0.15) is 5.82 Å². The Bertz CT molecular complexity index is 868. The molecule has 6 heteroatoms. The van der Waals surface area contributed by atoms with Gasteiger partial charge < -0.3 is 14.5 Å². The van der Waals surface area contributed by atoms with Crippen LogP contribution >= 0.6 is 0 Å². The predicted octanol–water partition coefficient (Wildman–Crippen LogP) is 3.03. The van der Waals surface area contributed by atoms with Gasteiger partial charge in [0.25, 0.3) is 5.56 Å². The Labute approximate surface area is 160 Å². The number of aromatic amines is 1. The molecular formula is C21H29N3O3. The molecule has 0 radical (unpaired) electrons. The number of benzene rings is 1. The normalized spacial score (nSPS) is 14.7. The van der Waals surface area contributed by atoms with Gasteiger partial charge in [-0.3, -0.25) is 9.69 Å². The number of nitrogens with zero attached hydrogens (tertiary/aromatic N) is 2. The molecule has 1 N–H and O–H groups in total. The number of para-hydroxylation sites is 1. The van der Waals surface area contributed by atoms with Gasteiger partial charge in [-0.05, 0) is 13.0 Å². The standard InChI is InChI=1S/C21H29N3O3/c1-6-27-18-14(8-7-9-17(18)26-5)12-24-11-10-16-15(13-24)19(25)23-20(22-16)21(2,3)4/h7-9H,6,10-13H2,1-5H3,(H,22,23,25). The molecule has 0 saturated carbocycles. The average Bonchev–Trinajstić information content (AvgIpc) is 2.63. The summed E-state index contributed by atoms with van der Waals surface area (Å²) in [6.07, 6.45) is 0.774. The van der Waals surface area contributed by atoms with Crippen molar-refractivity contribution < 1.29 is 9.47 Å². The minimum atomic E-state index is -0.168. The summed E-state index contributed by atoms with van der Waals surface area (Å²) in [5, 5.41) is 0. The van der Waals surface area contributed by atoms with Crippen molar-refractivity contribution in [2.75, 3.05) is 20.3 Å². The largest absolute Gasteiger partial charge is 0.493 e. The quantitative estimate of drug-likeness (QED) is 0.875. The molecule has 6 nitrogen and oxygen atoms in total. The second kappa shape index (κ2) is 7.72. The Morgan fingerprint density at radius 1 is 1.30 bits per heavy atom. The summed E-state index contributed by atoms with van der Waals surface area (Å²) < 4.78 is 11.3. The fourth-order valence-electron chi connectivity index (χ4n) is 3.37. The Hall–Kier alpha value is -2.34. The molecule has 0 saturated heterocycles. The van der Waals surface area contributed by atoms with E-state index in [1.807, 2.05) is 25.1 Å². The number of hydrogen-bond donors (Lipinski definition) is 1. The molecule has 1 aromatic carbocycles. The monoisotopic (exact) mass is 371 g/mol. The first-order valence-corrected chi connectivity index (χ1v) is 9.47. The van der Waals surface area contributed by atoms with Gasteiger partial charge in [-0.25, -0.2) is 4.98 Å². The first-order valence-electron chi connectivity index (χ1n) is 9.47. The zero-order chi connectivity index (χ0) is 19.6. The Kier molecular flexibility index (Phi) is 5.56. The van der Waals surface area contributed by atoms with Crippen molar-refractivity contribution in [1.82, 2.24) is 14.9 Å². The lowest BCUT2D eigenvalue weighted by molar-refractivity contribution is 0.233. The Morgan fingerprint density at radius 2 is 2.07 bits per heavy atom. The van der Waals surface area contributed by atoms with Crippen molar-refractivity contribution in [2.24, 2.45) is 0 Å². The summed E-state index contributed by atoms with van der Waals surface area (Å²) >= 11 is 0. The first-order chi connectivity index (χ1) is 12.8. The summed E-state index contributed by atoms with van der Waals surface area (Å²) in [6.45, 7) is 10.9. The van der Waals surface area contributed by atoms with E-state index in [1.165, 1.54) is 0 Å². The maximum Gasteiger partial charge on any atom is 0.255 e. The summed E-state index contributed by atoms with van der Waals surface area (Å²) in [5.41, 5.74) is 2.57. The zero-order valence-electron chi connectivity index (χ0n) is 16.9. The lowest BCUT2D eigenvalue weighted by Gasteiger charge is -2.29. The summed E-state index contributed by atoms with van der Waals surface area (Å²) in [5.74, 6) is 2.27. The molecule has 2 heterocycles. The molecule has 0 fully saturated rings. The van der Waals surface area contributed by atoms with Gasteiger partial charge in [0, 0.05) is 37.0 Å². The smallest absolute Gasteiger partial charge is 0.255 e. The van der Waals surface area contributed by atoms with Gasteiger partial charge in [0.2, 0.25) is 0 Å². The van der Waals surface area contributed by atoms with Crippen LogP contribution in [-0.2, 0) is 24.9 Å². The topological polar surface area (TPSA) is 67.5 Å². The van der Waals surface area contributed by atoms with Crippen LogP contribution in [0.2, 0.25) is 0 Å². The number of ether oxygens (including phenoxy) is 2. The van der Waals surface area contributed by atoms with E-state index >= 15 is 0 Å². The number of nitrogens with one attached hydrogen (secondary N) is 1. The molecule has 146 valence electrons. The van der Waals surface area contributed by atoms with Crippen molar-refractivity contribution in [1.29, 1.82) is 0 Å². The third-order valence-corrected chi connectivity index (χ3v) is 4.82. The van der Waals surface area contributed by atoms with Gasteiger partial charge in [-0.1, -0.05) is 32.9 Å². The minimum Gasteiger partial charge on any atom is -0.493 e. The lowest BCUT2D eigenvalue weighted by atomic mass is 9.95. The van der Waals surface area contributed by atoms with Crippen LogP contribution in [0.15, 0.2) is 23.0 Å². The number of fused-ring (bicyclic) bond motifs is 1. The third kappa shape index (κ3) is 4.16. The van der Waals surface area contributed by atoms with E-state index in [4.69, 9.17) is 14.5 Å². The van der Waals surface area contributed by atoms with Crippen molar-refractivity contribution >= 4 is 0 Å². The van der Waals surface area contributed by atoms with Crippen LogP contribution in [0.4, 0.5) is 0 Å². The van der Waals surface area contributed by atoms with Gasteiger partial charge in [-0.2, -0.15) is 0 Å². The molecule has 0 bridgehead atoms. The minimum absolute atomic E-state index is 0.0229. The number of hydrogen-bond acceptors (Lipinski definition) is 5. The van der Waals surface area contributed by atoms with E-state index in [2.05, 4.69) is 30.7 Å². The summed E-state index contributed by atoms with van der Waals surface area (Å²) in [7, 11) is 1.65. The maximum atomic E-state index is 12.6. The zero-order valence-corrected chi connectivity index (χ0v) is 16.9. The summed E-state index contributed by atoms with van der Waals surface area (Å²) in [4.78, 5) is 22.6. The molecule has 0 aliphatic carbocycles. The van der Waals surface area contributed by atoms with E-state index in [1.54, 1.807) is 7.11 Å². The maximum absolute atomic E-state index is 12.6. The van der Waals surface area contributed by atoms with E-state index in [0.29, 0.717) is 19.7 Å². The second-order valence-corrected chi connectivity index (χ2v) is 7.93. The van der Waals surface area contributed by atoms with Crippen LogP contribution in [0.25, 0.3) is 0 Å². The predicted molar refractivity (Wildman–Crippen MR) is 106 cm³/mol. The molecule has 0 amide bonds. The van der Waals surface area contributed by atoms with Crippen molar-refractivity contribution in [3.05, 3.63) is 51.2 Å². The molecule has 1 aliphatic heterocycles. The van der Waals surface area contributed by atoms with Gasteiger partial charge in [-0.15, -0.1) is 0 Å². The van der Waals surface area contributed by atoms with Gasteiger partial charge >= 0.3 is 0 Å². The fourth-order valence-corrected chi connectivity index (χ4v) is 3.37. The van der Waals surface area contributed by atoms with Crippen molar-refractivity contribution in [2.45, 2.75) is 52.6 Å². The second-order valence-electron chi connectivity index (χ2n) is 7.93. The third-order valence-electron chi connectivity index (χ3n) is 4.82. The highest BCUT2D eigenvalue weighted by Crippen LogP contribution is 2.32. The van der Waals surface area contributed by atoms with Crippen molar-refractivity contribution in [3.8, 4) is 11.5 Å². The van der Waals surface area contributed by atoms with Gasteiger partial charge in [0.15, 0.2) is 11.5 Å². The lowest BCUT2D eigenvalue weighted by Crippen LogP contribution is -2.37. The highest BCUT2D eigenvalue weighted by Gasteiger charge is 2.25. The number of methoxy groups -OCH3 is 1. The highest BCUT2D eigenvalue weighted by atomic mass is 16.5. The molecule has 3 rings (SSSR count). The van der Waals surface area contributed by atoms with E-state index in [9.17, 15) is 4.79 Å². The van der Waals surface area contributed by atoms with Crippen LogP contribution in [0.3, 0.4) is 0 Å². The molecular weight excluding hydrogens is 342 g/mol. The number of aromatic nitrogens is 2. The molecule has 1 aromatic heterocycles. The van der Waals surface area contributed by atoms with Crippen LogP contribution in [0.5, 0.6) is 11.5 Å². The number of H-pyrrole nitrogens is 1.